The number of halogens is 1. The van der Waals surface area contributed by atoms with Crippen molar-refractivity contribution in [3.05, 3.63) is 23.2 Å². The first-order valence-corrected chi connectivity index (χ1v) is 7.06. The summed E-state index contributed by atoms with van der Waals surface area (Å²) in [6.07, 6.45) is 2.30. The Morgan fingerprint density at radius 2 is 2.30 bits per heavy atom. The van der Waals surface area contributed by atoms with Crippen LogP contribution in [0, 0.1) is 0 Å². The van der Waals surface area contributed by atoms with E-state index in [-0.39, 0.29) is 5.91 Å². The zero-order valence-corrected chi connectivity index (χ0v) is 12.3. The molecule has 0 heterocycles. The van der Waals surface area contributed by atoms with Gasteiger partial charge in [-0.15, -0.1) is 0 Å². The fourth-order valence-electron chi connectivity index (χ4n) is 2.05. The van der Waals surface area contributed by atoms with Crippen molar-refractivity contribution in [2.24, 2.45) is 0 Å². The maximum absolute atomic E-state index is 12.1. The van der Waals surface area contributed by atoms with E-state index in [2.05, 4.69) is 10.2 Å². The van der Waals surface area contributed by atoms with Crippen molar-refractivity contribution in [2.75, 3.05) is 37.9 Å². The van der Waals surface area contributed by atoms with E-state index in [9.17, 15) is 4.79 Å². The van der Waals surface area contributed by atoms with Gasteiger partial charge in [-0.05, 0) is 31.0 Å². The summed E-state index contributed by atoms with van der Waals surface area (Å²) in [5, 5.41) is 3.36. The van der Waals surface area contributed by atoms with Crippen molar-refractivity contribution in [1.82, 2.24) is 4.90 Å². The number of anilines is 2. The number of nitrogen functional groups attached to an aromatic ring is 1. The molecule has 0 aliphatic heterocycles. The second kappa shape index (κ2) is 6.92. The highest BCUT2D eigenvalue weighted by atomic mass is 35.5. The van der Waals surface area contributed by atoms with Crippen LogP contribution in [0.3, 0.4) is 0 Å². The Kier molecular flexibility index (Phi) is 5.23. The van der Waals surface area contributed by atoms with E-state index in [0.29, 0.717) is 35.6 Å². The molecule has 3 N–H and O–H groups in total. The quantitative estimate of drug-likeness (QED) is 0.755. The Balaban J connectivity index is 1.91. The largest absolute Gasteiger partial charge is 0.397 e. The Bertz CT molecular complexity index is 477. The standard InChI is InChI=1S/C14H20ClN3O2/c1-20-7-6-18(11-3-4-11)9-14(19)17-13-8-10(15)2-5-12(13)16/h2,5,8,11H,3-4,6-7,9,16H2,1H3,(H,17,19). The van der Waals surface area contributed by atoms with Crippen LogP contribution in [0.15, 0.2) is 18.2 Å². The molecule has 1 aromatic carbocycles. The molecule has 1 saturated carbocycles. The number of hydrogen-bond acceptors (Lipinski definition) is 4. The third-order valence-electron chi connectivity index (χ3n) is 3.28. The molecule has 20 heavy (non-hydrogen) atoms. The number of rotatable bonds is 7. The molecule has 0 aromatic heterocycles. The van der Waals surface area contributed by atoms with Gasteiger partial charge < -0.3 is 15.8 Å². The maximum atomic E-state index is 12.1. The van der Waals surface area contributed by atoms with Gasteiger partial charge in [0.2, 0.25) is 5.91 Å². The minimum Gasteiger partial charge on any atom is -0.397 e. The highest BCUT2D eigenvalue weighted by Crippen LogP contribution is 2.27. The molecule has 1 fully saturated rings. The SMILES string of the molecule is COCCN(CC(=O)Nc1cc(Cl)ccc1N)C1CC1. The van der Waals surface area contributed by atoms with Crippen LogP contribution in [-0.2, 0) is 9.53 Å². The number of amides is 1. The van der Waals surface area contributed by atoms with Crippen LogP contribution in [0.1, 0.15) is 12.8 Å². The predicted molar refractivity (Wildman–Crippen MR) is 81.0 cm³/mol. The van der Waals surface area contributed by atoms with Gasteiger partial charge in [0.05, 0.1) is 24.5 Å². The van der Waals surface area contributed by atoms with Gasteiger partial charge in [0.15, 0.2) is 0 Å². The third-order valence-corrected chi connectivity index (χ3v) is 3.52. The van der Waals surface area contributed by atoms with Crippen molar-refractivity contribution >= 4 is 28.9 Å². The van der Waals surface area contributed by atoms with Crippen LogP contribution < -0.4 is 11.1 Å². The summed E-state index contributed by atoms with van der Waals surface area (Å²) in [4.78, 5) is 14.2. The first kappa shape index (κ1) is 15.1. The van der Waals surface area contributed by atoms with Gasteiger partial charge in [-0.3, -0.25) is 9.69 Å². The molecule has 1 aliphatic carbocycles. The number of carbonyl (C=O) groups excluding carboxylic acids is 1. The molecule has 6 heteroatoms. The molecule has 5 nitrogen and oxygen atoms in total. The first-order valence-electron chi connectivity index (χ1n) is 6.68. The fourth-order valence-corrected chi connectivity index (χ4v) is 2.22. The second-order valence-corrected chi connectivity index (χ2v) is 5.41. The minimum atomic E-state index is -0.0815. The van der Waals surface area contributed by atoms with Crippen LogP contribution in [0.5, 0.6) is 0 Å². The van der Waals surface area contributed by atoms with Crippen molar-refractivity contribution < 1.29 is 9.53 Å². The van der Waals surface area contributed by atoms with Crippen LogP contribution >= 0.6 is 11.6 Å². The van der Waals surface area contributed by atoms with Gasteiger partial charge in [-0.25, -0.2) is 0 Å². The van der Waals surface area contributed by atoms with Gasteiger partial charge in [0.1, 0.15) is 0 Å². The summed E-state index contributed by atoms with van der Waals surface area (Å²) in [5.41, 5.74) is 6.89. The van der Waals surface area contributed by atoms with E-state index < -0.39 is 0 Å². The lowest BCUT2D eigenvalue weighted by atomic mass is 10.2. The Morgan fingerprint density at radius 3 is 2.95 bits per heavy atom. The predicted octanol–water partition coefficient (Wildman–Crippen LogP) is 1.97. The van der Waals surface area contributed by atoms with E-state index in [1.807, 2.05) is 0 Å². The van der Waals surface area contributed by atoms with E-state index in [4.69, 9.17) is 22.1 Å². The molecular weight excluding hydrogens is 278 g/mol. The molecule has 0 atom stereocenters. The molecule has 1 amide bonds. The molecule has 2 rings (SSSR count). The van der Waals surface area contributed by atoms with E-state index in [1.165, 1.54) is 0 Å². The average molecular weight is 298 g/mol. The topological polar surface area (TPSA) is 67.6 Å². The lowest BCUT2D eigenvalue weighted by molar-refractivity contribution is -0.117. The molecular formula is C14H20ClN3O2. The highest BCUT2D eigenvalue weighted by Gasteiger charge is 2.29. The van der Waals surface area contributed by atoms with Gasteiger partial charge >= 0.3 is 0 Å². The number of hydrogen-bond donors (Lipinski definition) is 2. The smallest absolute Gasteiger partial charge is 0.238 e. The number of nitrogens with zero attached hydrogens (tertiary/aromatic N) is 1. The summed E-state index contributed by atoms with van der Waals surface area (Å²) in [6, 6.07) is 5.54. The molecule has 1 aliphatic rings. The van der Waals surface area contributed by atoms with Gasteiger partial charge in [-0.2, -0.15) is 0 Å². The summed E-state index contributed by atoms with van der Waals surface area (Å²) in [5.74, 6) is -0.0815. The van der Waals surface area contributed by atoms with Crippen LogP contribution in [0.2, 0.25) is 5.02 Å². The number of nitrogens with two attached hydrogens (primary N) is 1. The van der Waals surface area contributed by atoms with Crippen LogP contribution in [0.4, 0.5) is 11.4 Å². The molecule has 1 aromatic rings. The lowest BCUT2D eigenvalue weighted by Gasteiger charge is -2.21. The fraction of sp³-hybridized carbons (Fsp3) is 0.500. The van der Waals surface area contributed by atoms with Gasteiger partial charge in [0.25, 0.3) is 0 Å². The van der Waals surface area contributed by atoms with Crippen molar-refractivity contribution in [3.63, 3.8) is 0 Å². The maximum Gasteiger partial charge on any atom is 0.238 e. The number of carbonyl (C=O) groups is 1. The Hall–Kier alpha value is -1.30. The van der Waals surface area contributed by atoms with Gasteiger partial charge in [-0.1, -0.05) is 11.6 Å². The summed E-state index contributed by atoms with van der Waals surface area (Å²) < 4.78 is 5.07. The van der Waals surface area contributed by atoms with E-state index >= 15 is 0 Å². The molecule has 0 radical (unpaired) electrons. The molecule has 0 bridgehead atoms. The highest BCUT2D eigenvalue weighted by molar-refractivity contribution is 6.31. The van der Waals surface area contributed by atoms with Crippen LogP contribution in [-0.4, -0.2) is 43.7 Å². The molecule has 0 saturated heterocycles. The monoisotopic (exact) mass is 297 g/mol. The second-order valence-electron chi connectivity index (χ2n) is 4.97. The summed E-state index contributed by atoms with van der Waals surface area (Å²) >= 11 is 5.90. The first-order chi connectivity index (χ1) is 9.60. The number of ether oxygens (including phenoxy) is 1. The number of benzene rings is 1. The van der Waals surface area contributed by atoms with Crippen LogP contribution in [0.25, 0.3) is 0 Å². The van der Waals surface area contributed by atoms with Crippen molar-refractivity contribution in [3.8, 4) is 0 Å². The van der Waals surface area contributed by atoms with Gasteiger partial charge in [0, 0.05) is 24.7 Å². The zero-order chi connectivity index (χ0) is 14.5. The number of methoxy groups -OCH3 is 1. The summed E-state index contributed by atoms with van der Waals surface area (Å²) in [6.45, 7) is 1.74. The third kappa shape index (κ3) is 4.37. The minimum absolute atomic E-state index is 0.0815. The molecule has 110 valence electrons. The zero-order valence-electron chi connectivity index (χ0n) is 11.6. The molecule has 0 unspecified atom stereocenters. The normalized spacial score (nSPS) is 14.6. The van der Waals surface area contributed by atoms with Crippen molar-refractivity contribution in [2.45, 2.75) is 18.9 Å². The Morgan fingerprint density at radius 1 is 1.55 bits per heavy atom. The lowest BCUT2D eigenvalue weighted by Crippen LogP contribution is -2.37. The van der Waals surface area contributed by atoms with E-state index in [0.717, 1.165) is 19.4 Å². The Labute approximate surface area is 124 Å². The summed E-state index contributed by atoms with van der Waals surface area (Å²) in [7, 11) is 1.66. The average Bonchev–Trinajstić information content (AvgIpc) is 3.23. The number of nitrogens with one attached hydrogen (secondary N) is 1. The molecule has 0 spiro atoms. The van der Waals surface area contributed by atoms with Crippen molar-refractivity contribution in [1.29, 1.82) is 0 Å². The van der Waals surface area contributed by atoms with E-state index in [1.54, 1.807) is 25.3 Å².